The van der Waals surface area contributed by atoms with E-state index in [1.54, 1.807) is 11.8 Å². The van der Waals surface area contributed by atoms with Gasteiger partial charge in [-0.25, -0.2) is 0 Å². The molecular weight excluding hydrogens is 268 g/mol. The van der Waals surface area contributed by atoms with Crippen molar-refractivity contribution in [2.45, 2.75) is 13.8 Å². The summed E-state index contributed by atoms with van der Waals surface area (Å²) in [7, 11) is 2.05. The molecule has 1 amide bonds. The van der Waals surface area contributed by atoms with Gasteiger partial charge in [0.25, 0.3) is 11.1 Å². The van der Waals surface area contributed by atoms with Gasteiger partial charge in [-0.05, 0) is 32.1 Å². The number of nitrogens with zero attached hydrogens (tertiary/aromatic N) is 2. The van der Waals surface area contributed by atoms with Crippen molar-refractivity contribution < 1.29 is 9.53 Å². The lowest BCUT2D eigenvalue weighted by atomic mass is 10.2. The highest BCUT2D eigenvalue weighted by Gasteiger charge is 2.33. The first-order chi connectivity index (χ1) is 8.54. The van der Waals surface area contributed by atoms with Crippen molar-refractivity contribution in [1.29, 1.82) is 0 Å². The fraction of sp³-hybridized carbons (Fsp3) is 0.500. The van der Waals surface area contributed by atoms with E-state index in [1.165, 1.54) is 4.90 Å². The van der Waals surface area contributed by atoms with E-state index in [0.29, 0.717) is 12.3 Å². The Bertz CT molecular complexity index is 457. The van der Waals surface area contributed by atoms with E-state index in [0.717, 1.165) is 22.9 Å². The largest absolute Gasteiger partial charge is 0.425 e. The standard InChI is InChI=1S/C12H16N2O2S2/c1-4-14-11(15)10(16-12(14)17)8(2)7-9-13(3)5-6-18-9/h7H,4-6H2,1-3H3/b9-7-,10-8+. The number of rotatable bonds is 2. The number of thiocarbonyl (C=S) groups is 1. The average Bonchev–Trinajstić information content (AvgIpc) is 2.84. The SMILES string of the molecule is CCN1C(=O)/C(=C(C)\C=C2/SCCN2C)OC1=S. The normalized spacial score (nSPS) is 25.2. The summed E-state index contributed by atoms with van der Waals surface area (Å²) in [5.41, 5.74) is 0.828. The maximum Gasteiger partial charge on any atom is 0.297 e. The number of likely N-dealkylation sites (N-methyl/N-ethyl adjacent to an activating group) is 1. The number of carbonyl (C=O) groups is 1. The van der Waals surface area contributed by atoms with Gasteiger partial charge in [0, 0.05) is 31.5 Å². The summed E-state index contributed by atoms with van der Waals surface area (Å²) in [5.74, 6) is 1.30. The molecule has 2 aliphatic heterocycles. The highest BCUT2D eigenvalue weighted by molar-refractivity contribution is 8.03. The summed E-state index contributed by atoms with van der Waals surface area (Å²) in [4.78, 5) is 15.7. The van der Waals surface area contributed by atoms with Crippen molar-refractivity contribution in [3.63, 3.8) is 0 Å². The third-order valence-electron chi connectivity index (χ3n) is 2.92. The number of hydrogen-bond acceptors (Lipinski definition) is 5. The minimum absolute atomic E-state index is 0.137. The summed E-state index contributed by atoms with van der Waals surface area (Å²) in [6.07, 6.45) is 1.99. The molecule has 4 nitrogen and oxygen atoms in total. The molecule has 6 heteroatoms. The van der Waals surface area contributed by atoms with Crippen molar-refractivity contribution in [2.24, 2.45) is 0 Å². The summed E-state index contributed by atoms with van der Waals surface area (Å²) < 4.78 is 5.40. The van der Waals surface area contributed by atoms with E-state index in [-0.39, 0.29) is 11.1 Å². The lowest BCUT2D eigenvalue weighted by Crippen LogP contribution is -2.28. The van der Waals surface area contributed by atoms with Crippen LogP contribution in [0.1, 0.15) is 13.8 Å². The number of amides is 1. The molecule has 0 aromatic carbocycles. The minimum Gasteiger partial charge on any atom is -0.425 e. The molecular formula is C12H16N2O2S2. The molecule has 18 heavy (non-hydrogen) atoms. The van der Waals surface area contributed by atoms with Crippen LogP contribution in [0.15, 0.2) is 22.4 Å². The second-order valence-electron chi connectivity index (χ2n) is 4.18. The topological polar surface area (TPSA) is 32.8 Å². The Morgan fingerprint density at radius 2 is 2.33 bits per heavy atom. The zero-order valence-electron chi connectivity index (χ0n) is 10.7. The first-order valence-electron chi connectivity index (χ1n) is 5.84. The molecule has 0 radical (unpaired) electrons. The van der Waals surface area contributed by atoms with E-state index in [9.17, 15) is 4.79 Å². The Morgan fingerprint density at radius 1 is 1.61 bits per heavy atom. The first-order valence-corrected chi connectivity index (χ1v) is 7.24. The van der Waals surface area contributed by atoms with Crippen LogP contribution in [0.3, 0.4) is 0 Å². The molecule has 2 fully saturated rings. The van der Waals surface area contributed by atoms with Crippen molar-refractivity contribution in [3.8, 4) is 0 Å². The van der Waals surface area contributed by atoms with Crippen LogP contribution in [0.25, 0.3) is 0 Å². The molecule has 0 aromatic heterocycles. The Labute approximate surface area is 117 Å². The van der Waals surface area contributed by atoms with Gasteiger partial charge in [-0.1, -0.05) is 0 Å². The van der Waals surface area contributed by atoms with Gasteiger partial charge in [0.1, 0.15) is 0 Å². The van der Waals surface area contributed by atoms with E-state index in [1.807, 2.05) is 27.0 Å². The molecule has 2 heterocycles. The van der Waals surface area contributed by atoms with E-state index < -0.39 is 0 Å². The third kappa shape index (κ3) is 2.40. The number of carbonyl (C=O) groups excluding carboxylic acids is 1. The second kappa shape index (κ2) is 5.32. The van der Waals surface area contributed by atoms with Crippen LogP contribution in [0, 0.1) is 0 Å². The molecule has 2 saturated heterocycles. The lowest BCUT2D eigenvalue weighted by Gasteiger charge is -2.11. The zero-order chi connectivity index (χ0) is 13.3. The van der Waals surface area contributed by atoms with Crippen LogP contribution in [-0.2, 0) is 9.53 Å². The summed E-state index contributed by atoms with van der Waals surface area (Å²) in [6, 6.07) is 0. The van der Waals surface area contributed by atoms with Crippen LogP contribution >= 0.6 is 24.0 Å². The molecule has 2 aliphatic rings. The van der Waals surface area contributed by atoms with Crippen LogP contribution in [0.5, 0.6) is 0 Å². The maximum absolute atomic E-state index is 12.0. The molecule has 2 rings (SSSR count). The van der Waals surface area contributed by atoms with Gasteiger partial charge in [0.15, 0.2) is 5.76 Å². The molecule has 0 atom stereocenters. The summed E-state index contributed by atoms with van der Waals surface area (Å²) in [5, 5.41) is 1.42. The van der Waals surface area contributed by atoms with Gasteiger partial charge in [-0.2, -0.15) is 0 Å². The summed E-state index contributed by atoms with van der Waals surface area (Å²) in [6.45, 7) is 5.34. The molecule has 0 spiro atoms. The van der Waals surface area contributed by atoms with Crippen molar-refractivity contribution in [3.05, 3.63) is 22.4 Å². The molecule has 0 aromatic rings. The average molecular weight is 284 g/mol. The number of thioether (sulfide) groups is 1. The van der Waals surface area contributed by atoms with Crippen molar-refractivity contribution in [1.82, 2.24) is 9.80 Å². The maximum atomic E-state index is 12.0. The van der Waals surface area contributed by atoms with Crippen LogP contribution < -0.4 is 0 Å². The lowest BCUT2D eigenvalue weighted by molar-refractivity contribution is -0.122. The Morgan fingerprint density at radius 3 is 2.83 bits per heavy atom. The van der Waals surface area contributed by atoms with E-state index in [4.69, 9.17) is 17.0 Å². The highest BCUT2D eigenvalue weighted by atomic mass is 32.2. The van der Waals surface area contributed by atoms with Crippen molar-refractivity contribution in [2.75, 3.05) is 25.9 Å². The predicted octanol–water partition coefficient (Wildman–Crippen LogP) is 1.94. The predicted molar refractivity (Wildman–Crippen MR) is 76.9 cm³/mol. The molecule has 98 valence electrons. The van der Waals surface area contributed by atoms with E-state index in [2.05, 4.69) is 4.90 Å². The Balaban J connectivity index is 2.27. The second-order valence-corrected chi connectivity index (χ2v) is 5.65. The van der Waals surface area contributed by atoms with Crippen LogP contribution in [0.4, 0.5) is 0 Å². The minimum atomic E-state index is -0.137. The molecule has 0 unspecified atom stereocenters. The van der Waals surface area contributed by atoms with Gasteiger partial charge >= 0.3 is 0 Å². The highest BCUT2D eigenvalue weighted by Crippen LogP contribution is 2.29. The molecule has 0 N–H and O–H groups in total. The Hall–Kier alpha value is -1.01. The smallest absolute Gasteiger partial charge is 0.297 e. The zero-order valence-corrected chi connectivity index (χ0v) is 12.4. The van der Waals surface area contributed by atoms with Crippen molar-refractivity contribution >= 4 is 35.1 Å². The molecule has 0 bridgehead atoms. The van der Waals surface area contributed by atoms with Gasteiger partial charge in [-0.15, -0.1) is 11.8 Å². The molecule has 0 saturated carbocycles. The van der Waals surface area contributed by atoms with Gasteiger partial charge in [0.05, 0.1) is 5.03 Å². The number of ether oxygens (including phenoxy) is 1. The summed E-state index contributed by atoms with van der Waals surface area (Å²) >= 11 is 6.82. The van der Waals surface area contributed by atoms with Gasteiger partial charge < -0.3 is 9.64 Å². The first kappa shape index (κ1) is 13.4. The number of hydrogen-bond donors (Lipinski definition) is 0. The van der Waals surface area contributed by atoms with Crippen LogP contribution in [0.2, 0.25) is 0 Å². The molecule has 0 aliphatic carbocycles. The van der Waals surface area contributed by atoms with Crippen LogP contribution in [-0.4, -0.2) is 46.8 Å². The Kier molecular flexibility index (Phi) is 3.97. The number of allylic oxidation sites excluding steroid dienone is 2. The van der Waals surface area contributed by atoms with E-state index >= 15 is 0 Å². The fourth-order valence-corrected chi connectivity index (χ4v) is 3.26. The monoisotopic (exact) mass is 284 g/mol. The third-order valence-corrected chi connectivity index (χ3v) is 4.33. The fourth-order valence-electron chi connectivity index (χ4n) is 1.82. The quantitative estimate of drug-likeness (QED) is 0.572. The van der Waals surface area contributed by atoms with Gasteiger partial charge in [-0.3, -0.25) is 9.69 Å². The van der Waals surface area contributed by atoms with Gasteiger partial charge in [0.2, 0.25) is 0 Å².